The van der Waals surface area contributed by atoms with Crippen LogP contribution in [0.5, 0.6) is 0 Å². The van der Waals surface area contributed by atoms with Crippen molar-refractivity contribution in [2.45, 2.75) is 33.2 Å². The van der Waals surface area contributed by atoms with Gasteiger partial charge in [0.2, 0.25) is 0 Å². The minimum atomic E-state index is -0.704. The molecule has 8 heteroatoms. The minimum Gasteiger partial charge on any atom is -0.451 e. The third-order valence-corrected chi connectivity index (χ3v) is 3.10. The fourth-order valence-electron chi connectivity index (χ4n) is 1.94. The van der Waals surface area contributed by atoms with Crippen LogP contribution in [0.2, 0.25) is 5.02 Å². The van der Waals surface area contributed by atoms with E-state index in [9.17, 15) is 9.59 Å². The molecule has 0 aliphatic rings. The number of nitrogens with zero attached hydrogens (tertiary/aromatic N) is 3. The highest BCUT2D eigenvalue weighted by molar-refractivity contribution is 6.30. The summed E-state index contributed by atoms with van der Waals surface area (Å²) >= 11 is 5.94. The number of carbonyl (C=O) groups is 2. The quantitative estimate of drug-likeness (QED) is 0.855. The molecule has 2 rings (SSSR count). The monoisotopic (exact) mass is 350 g/mol. The van der Waals surface area contributed by atoms with Crippen LogP contribution in [-0.2, 0) is 9.53 Å². The fourth-order valence-corrected chi connectivity index (χ4v) is 2.12. The summed E-state index contributed by atoms with van der Waals surface area (Å²) in [5.41, 5.74) is 0.680. The first-order chi connectivity index (χ1) is 11.2. The molecule has 1 amide bonds. The van der Waals surface area contributed by atoms with Crippen molar-refractivity contribution in [2.75, 3.05) is 6.61 Å². The van der Waals surface area contributed by atoms with Crippen LogP contribution in [0.1, 0.15) is 37.0 Å². The summed E-state index contributed by atoms with van der Waals surface area (Å²) < 4.78 is 5.00. The van der Waals surface area contributed by atoms with E-state index in [0.717, 1.165) is 0 Å². The molecule has 0 fully saturated rings. The van der Waals surface area contributed by atoms with Crippen molar-refractivity contribution in [3.63, 3.8) is 0 Å². The second-order valence-corrected chi connectivity index (χ2v) is 6.71. The molecule has 1 aromatic heterocycles. The van der Waals surface area contributed by atoms with Gasteiger partial charge < -0.3 is 10.1 Å². The topological polar surface area (TPSA) is 86.1 Å². The molecular weight excluding hydrogens is 332 g/mol. The first kappa shape index (κ1) is 17.9. The maximum Gasteiger partial charge on any atom is 0.361 e. The third kappa shape index (κ3) is 4.79. The highest BCUT2D eigenvalue weighted by Gasteiger charge is 2.20. The summed E-state index contributed by atoms with van der Waals surface area (Å²) in [6.07, 6.45) is 0. The Kier molecular flexibility index (Phi) is 5.23. The van der Waals surface area contributed by atoms with Gasteiger partial charge in [-0.05, 0) is 45.9 Å². The van der Waals surface area contributed by atoms with Gasteiger partial charge in [-0.25, -0.2) is 4.79 Å². The summed E-state index contributed by atoms with van der Waals surface area (Å²) in [6.45, 7) is 6.79. The van der Waals surface area contributed by atoms with Crippen molar-refractivity contribution in [1.82, 2.24) is 20.3 Å². The molecule has 2 aromatic rings. The minimum absolute atomic E-state index is 0.0542. The number of halogens is 1. The van der Waals surface area contributed by atoms with E-state index in [4.69, 9.17) is 16.3 Å². The van der Waals surface area contributed by atoms with E-state index >= 15 is 0 Å². The molecule has 0 saturated carbocycles. The first-order valence-electron chi connectivity index (χ1n) is 7.34. The Hall–Kier alpha value is -2.41. The van der Waals surface area contributed by atoms with Crippen molar-refractivity contribution in [3.05, 3.63) is 40.7 Å². The maximum absolute atomic E-state index is 12.1. The van der Waals surface area contributed by atoms with E-state index < -0.39 is 11.5 Å². The molecule has 0 spiro atoms. The molecule has 1 N–H and O–H groups in total. The predicted molar refractivity (Wildman–Crippen MR) is 89.3 cm³/mol. The Bertz CT molecular complexity index is 765. The molecule has 0 bridgehead atoms. The number of ether oxygens (including phenoxy) is 1. The standard InChI is InChI=1S/C16H19ClN4O3/c1-10-14(15(23)24-9-13(22)18-16(2,3)4)20-21(19-10)12-7-5-6-11(17)8-12/h5-8H,9H2,1-4H3,(H,18,22). The van der Waals surface area contributed by atoms with Crippen LogP contribution in [0.3, 0.4) is 0 Å². The number of aromatic nitrogens is 3. The van der Waals surface area contributed by atoms with Gasteiger partial charge >= 0.3 is 5.97 Å². The summed E-state index contributed by atoms with van der Waals surface area (Å²) in [6, 6.07) is 6.92. The van der Waals surface area contributed by atoms with E-state index in [1.54, 1.807) is 31.2 Å². The number of rotatable bonds is 4. The highest BCUT2D eigenvalue weighted by Crippen LogP contribution is 2.14. The summed E-state index contributed by atoms with van der Waals surface area (Å²) in [5, 5.41) is 11.5. The average Bonchev–Trinajstić information content (AvgIpc) is 2.85. The number of aryl methyl sites for hydroxylation is 1. The second kappa shape index (κ2) is 7.00. The molecule has 0 aliphatic carbocycles. The lowest BCUT2D eigenvalue weighted by atomic mass is 10.1. The van der Waals surface area contributed by atoms with Crippen LogP contribution in [0.25, 0.3) is 5.69 Å². The van der Waals surface area contributed by atoms with Gasteiger partial charge in [-0.1, -0.05) is 17.7 Å². The highest BCUT2D eigenvalue weighted by atomic mass is 35.5. The van der Waals surface area contributed by atoms with Crippen LogP contribution in [0.4, 0.5) is 0 Å². The molecule has 0 atom stereocenters. The second-order valence-electron chi connectivity index (χ2n) is 6.28. The molecule has 1 heterocycles. The normalized spacial score (nSPS) is 11.2. The van der Waals surface area contributed by atoms with E-state index in [2.05, 4.69) is 15.5 Å². The van der Waals surface area contributed by atoms with Crippen LogP contribution >= 0.6 is 11.6 Å². The first-order valence-corrected chi connectivity index (χ1v) is 7.71. The molecule has 128 valence electrons. The Labute approximate surface area is 144 Å². The van der Waals surface area contributed by atoms with Crippen LogP contribution in [0.15, 0.2) is 24.3 Å². The van der Waals surface area contributed by atoms with Crippen molar-refractivity contribution in [1.29, 1.82) is 0 Å². The van der Waals surface area contributed by atoms with Crippen LogP contribution < -0.4 is 5.32 Å². The largest absolute Gasteiger partial charge is 0.451 e. The van der Waals surface area contributed by atoms with Gasteiger partial charge in [-0.2, -0.15) is 9.90 Å². The lowest BCUT2D eigenvalue weighted by Crippen LogP contribution is -2.42. The summed E-state index contributed by atoms with van der Waals surface area (Å²) in [4.78, 5) is 25.1. The fraction of sp³-hybridized carbons (Fsp3) is 0.375. The van der Waals surface area contributed by atoms with Crippen molar-refractivity contribution < 1.29 is 14.3 Å². The van der Waals surface area contributed by atoms with E-state index in [1.807, 2.05) is 20.8 Å². The van der Waals surface area contributed by atoms with Gasteiger partial charge in [-0.15, -0.1) is 5.10 Å². The number of amides is 1. The zero-order valence-electron chi connectivity index (χ0n) is 14.0. The van der Waals surface area contributed by atoms with Crippen LogP contribution in [-0.4, -0.2) is 39.0 Å². The van der Waals surface area contributed by atoms with E-state index in [1.165, 1.54) is 4.80 Å². The molecule has 0 unspecified atom stereocenters. The van der Waals surface area contributed by atoms with E-state index in [-0.39, 0.29) is 18.2 Å². The molecule has 0 radical (unpaired) electrons. The number of carbonyl (C=O) groups excluding carboxylic acids is 2. The van der Waals surface area contributed by atoms with Crippen LogP contribution in [0, 0.1) is 6.92 Å². The summed E-state index contributed by atoms with van der Waals surface area (Å²) in [5.74, 6) is -1.08. The number of nitrogens with one attached hydrogen (secondary N) is 1. The molecule has 1 aromatic carbocycles. The van der Waals surface area contributed by atoms with Gasteiger partial charge in [0.05, 0.1) is 11.4 Å². The Morgan fingerprint density at radius 2 is 2.00 bits per heavy atom. The number of benzene rings is 1. The predicted octanol–water partition coefficient (Wildman–Crippen LogP) is 2.30. The number of hydrogen-bond acceptors (Lipinski definition) is 5. The van der Waals surface area contributed by atoms with Gasteiger partial charge in [0.15, 0.2) is 12.3 Å². The van der Waals surface area contributed by atoms with Crippen molar-refractivity contribution in [2.24, 2.45) is 0 Å². The SMILES string of the molecule is Cc1nn(-c2cccc(Cl)c2)nc1C(=O)OCC(=O)NC(C)(C)C. The number of hydrogen-bond donors (Lipinski definition) is 1. The Morgan fingerprint density at radius 1 is 1.29 bits per heavy atom. The van der Waals surface area contributed by atoms with Gasteiger partial charge in [0.1, 0.15) is 0 Å². The van der Waals surface area contributed by atoms with Gasteiger partial charge in [-0.3, -0.25) is 4.79 Å². The van der Waals surface area contributed by atoms with Gasteiger partial charge in [0.25, 0.3) is 5.91 Å². The molecule has 7 nitrogen and oxygen atoms in total. The molecular formula is C16H19ClN4O3. The Balaban J connectivity index is 2.07. The molecule has 0 aliphatic heterocycles. The smallest absolute Gasteiger partial charge is 0.361 e. The maximum atomic E-state index is 12.1. The molecule has 0 saturated heterocycles. The van der Waals surface area contributed by atoms with Crippen molar-refractivity contribution >= 4 is 23.5 Å². The Morgan fingerprint density at radius 3 is 2.62 bits per heavy atom. The summed E-state index contributed by atoms with van der Waals surface area (Å²) in [7, 11) is 0. The van der Waals surface area contributed by atoms with Gasteiger partial charge in [0, 0.05) is 10.6 Å². The third-order valence-electron chi connectivity index (χ3n) is 2.86. The zero-order chi connectivity index (χ0) is 17.9. The number of esters is 1. The molecule has 24 heavy (non-hydrogen) atoms. The average molecular weight is 351 g/mol. The lowest BCUT2D eigenvalue weighted by Gasteiger charge is -2.20. The lowest BCUT2D eigenvalue weighted by molar-refractivity contribution is -0.125. The van der Waals surface area contributed by atoms with E-state index in [0.29, 0.717) is 16.4 Å². The zero-order valence-corrected chi connectivity index (χ0v) is 14.7. The van der Waals surface area contributed by atoms with Crippen molar-refractivity contribution in [3.8, 4) is 5.69 Å².